The molecule has 0 spiro atoms. The molecule has 0 bridgehead atoms. The molecule has 1 rings (SSSR count). The molecule has 1 aromatic rings. The van der Waals surface area contributed by atoms with Gasteiger partial charge in [0.25, 0.3) is 0 Å². The minimum atomic E-state index is 0.242. The van der Waals surface area contributed by atoms with E-state index in [1.165, 1.54) is 20.4 Å². The quantitative estimate of drug-likeness (QED) is 0.675. The summed E-state index contributed by atoms with van der Waals surface area (Å²) < 4.78 is 9.58. The summed E-state index contributed by atoms with van der Waals surface area (Å²) in [6.45, 7) is 0. The van der Waals surface area contributed by atoms with Gasteiger partial charge in [0.2, 0.25) is 5.88 Å². The lowest BCUT2D eigenvalue weighted by Gasteiger charge is -2.01. The lowest BCUT2D eigenvalue weighted by molar-refractivity contribution is 0.352. The summed E-state index contributed by atoms with van der Waals surface area (Å²) in [5.74, 6) is 0.318. The van der Waals surface area contributed by atoms with E-state index in [2.05, 4.69) is 9.97 Å². The Morgan fingerprint density at radius 3 is 2.64 bits per heavy atom. The summed E-state index contributed by atoms with van der Waals surface area (Å²) in [7, 11) is 2.95. The standard InChI is InChI=1S/C6H7ClN2O2/c1-10-5-4(7)3-8-6(9-5)11-2/h3H,1-2H3. The fourth-order valence-electron chi connectivity index (χ4n) is 0.578. The number of rotatable bonds is 2. The van der Waals surface area contributed by atoms with Crippen molar-refractivity contribution in [2.75, 3.05) is 14.2 Å². The maximum atomic E-state index is 5.65. The number of methoxy groups -OCH3 is 2. The van der Waals surface area contributed by atoms with Crippen LogP contribution in [-0.4, -0.2) is 24.2 Å². The average molecular weight is 175 g/mol. The molecule has 5 heteroatoms. The fourth-order valence-corrected chi connectivity index (χ4v) is 0.746. The van der Waals surface area contributed by atoms with Crippen LogP contribution in [0.5, 0.6) is 11.9 Å². The lowest BCUT2D eigenvalue weighted by Crippen LogP contribution is -1.95. The molecule has 0 saturated carbocycles. The first-order chi connectivity index (χ1) is 5.27. The van der Waals surface area contributed by atoms with Crippen LogP contribution >= 0.6 is 11.6 Å². The maximum Gasteiger partial charge on any atom is 0.319 e. The molecular weight excluding hydrogens is 168 g/mol. The topological polar surface area (TPSA) is 44.2 Å². The zero-order valence-electron chi connectivity index (χ0n) is 6.17. The van der Waals surface area contributed by atoms with Gasteiger partial charge in [-0.25, -0.2) is 4.98 Å². The van der Waals surface area contributed by atoms with Crippen LogP contribution in [0.25, 0.3) is 0 Å². The molecule has 0 unspecified atom stereocenters. The fraction of sp³-hybridized carbons (Fsp3) is 0.333. The number of nitrogens with zero attached hydrogens (tertiary/aromatic N) is 2. The van der Waals surface area contributed by atoms with E-state index in [-0.39, 0.29) is 6.01 Å². The highest BCUT2D eigenvalue weighted by atomic mass is 35.5. The molecule has 0 aliphatic rings. The van der Waals surface area contributed by atoms with E-state index in [9.17, 15) is 0 Å². The van der Waals surface area contributed by atoms with Crippen LogP contribution in [0.15, 0.2) is 6.20 Å². The van der Waals surface area contributed by atoms with Crippen molar-refractivity contribution < 1.29 is 9.47 Å². The van der Waals surface area contributed by atoms with Gasteiger partial charge in [-0.1, -0.05) is 11.6 Å². The Bertz CT molecular complexity index is 254. The van der Waals surface area contributed by atoms with Crippen molar-refractivity contribution in [1.82, 2.24) is 9.97 Å². The normalized spacial score (nSPS) is 9.36. The highest BCUT2D eigenvalue weighted by molar-refractivity contribution is 6.31. The SMILES string of the molecule is COc1ncc(Cl)c(OC)n1. The summed E-state index contributed by atoms with van der Waals surface area (Å²) in [5.41, 5.74) is 0. The van der Waals surface area contributed by atoms with Crippen LogP contribution in [0.4, 0.5) is 0 Å². The van der Waals surface area contributed by atoms with Gasteiger partial charge < -0.3 is 9.47 Å². The third-order valence-electron chi connectivity index (χ3n) is 1.07. The van der Waals surface area contributed by atoms with Gasteiger partial charge in [-0.3, -0.25) is 0 Å². The number of halogens is 1. The van der Waals surface area contributed by atoms with E-state index in [1.807, 2.05) is 0 Å². The van der Waals surface area contributed by atoms with E-state index in [4.69, 9.17) is 21.1 Å². The van der Waals surface area contributed by atoms with Gasteiger partial charge in [0, 0.05) is 0 Å². The molecule has 1 aromatic heterocycles. The van der Waals surface area contributed by atoms with Crippen molar-refractivity contribution >= 4 is 11.6 Å². The van der Waals surface area contributed by atoms with Gasteiger partial charge in [-0.05, 0) is 0 Å². The van der Waals surface area contributed by atoms with E-state index in [0.29, 0.717) is 10.9 Å². The van der Waals surface area contributed by atoms with Crippen LogP contribution < -0.4 is 9.47 Å². The molecule has 0 aliphatic heterocycles. The summed E-state index contributed by atoms with van der Waals surface area (Å²) >= 11 is 5.65. The van der Waals surface area contributed by atoms with Crippen molar-refractivity contribution in [3.63, 3.8) is 0 Å². The molecule has 0 atom stereocenters. The van der Waals surface area contributed by atoms with Gasteiger partial charge in [0.05, 0.1) is 20.4 Å². The zero-order valence-corrected chi connectivity index (χ0v) is 6.92. The number of ether oxygens (including phenoxy) is 2. The zero-order chi connectivity index (χ0) is 8.27. The van der Waals surface area contributed by atoms with E-state index in [0.717, 1.165) is 0 Å². The predicted octanol–water partition coefficient (Wildman–Crippen LogP) is 1.15. The van der Waals surface area contributed by atoms with Crippen molar-refractivity contribution in [3.05, 3.63) is 11.2 Å². The molecule has 0 fully saturated rings. The molecule has 60 valence electrons. The average Bonchev–Trinajstić information content (AvgIpc) is 2.05. The highest BCUT2D eigenvalue weighted by Gasteiger charge is 2.03. The van der Waals surface area contributed by atoms with Crippen LogP contribution in [0.2, 0.25) is 5.02 Å². The highest BCUT2D eigenvalue weighted by Crippen LogP contribution is 2.21. The van der Waals surface area contributed by atoms with E-state index < -0.39 is 0 Å². The van der Waals surface area contributed by atoms with Crippen LogP contribution in [-0.2, 0) is 0 Å². The summed E-state index contributed by atoms with van der Waals surface area (Å²) in [4.78, 5) is 7.58. The van der Waals surface area contributed by atoms with Crippen LogP contribution in [0.3, 0.4) is 0 Å². The van der Waals surface area contributed by atoms with E-state index in [1.54, 1.807) is 0 Å². The molecule has 0 N–H and O–H groups in total. The molecule has 4 nitrogen and oxygen atoms in total. The second-order valence-electron chi connectivity index (χ2n) is 1.71. The summed E-state index contributed by atoms with van der Waals surface area (Å²) in [5, 5.41) is 0.369. The molecule has 0 radical (unpaired) electrons. The Balaban J connectivity index is 3.02. The Morgan fingerprint density at radius 2 is 2.09 bits per heavy atom. The molecular formula is C6H7ClN2O2. The predicted molar refractivity (Wildman–Crippen MR) is 40.1 cm³/mol. The minimum Gasteiger partial charge on any atom is -0.480 e. The monoisotopic (exact) mass is 174 g/mol. The number of hydrogen-bond donors (Lipinski definition) is 0. The van der Waals surface area contributed by atoms with Crippen molar-refractivity contribution in [1.29, 1.82) is 0 Å². The second kappa shape index (κ2) is 3.39. The minimum absolute atomic E-state index is 0.242. The molecule has 0 aliphatic carbocycles. The van der Waals surface area contributed by atoms with Crippen molar-refractivity contribution in [2.45, 2.75) is 0 Å². The van der Waals surface area contributed by atoms with Crippen LogP contribution in [0, 0.1) is 0 Å². The van der Waals surface area contributed by atoms with Gasteiger partial charge in [0.1, 0.15) is 5.02 Å². The molecule has 0 aromatic carbocycles. The van der Waals surface area contributed by atoms with E-state index >= 15 is 0 Å². The molecule has 1 heterocycles. The largest absolute Gasteiger partial charge is 0.480 e. The number of aromatic nitrogens is 2. The number of hydrogen-bond acceptors (Lipinski definition) is 4. The van der Waals surface area contributed by atoms with Gasteiger partial charge in [0.15, 0.2) is 0 Å². The Morgan fingerprint density at radius 1 is 1.36 bits per heavy atom. The smallest absolute Gasteiger partial charge is 0.319 e. The Kier molecular flexibility index (Phi) is 2.48. The molecule has 11 heavy (non-hydrogen) atoms. The van der Waals surface area contributed by atoms with Crippen LogP contribution in [0.1, 0.15) is 0 Å². The molecule has 0 saturated heterocycles. The van der Waals surface area contributed by atoms with Crippen molar-refractivity contribution in [3.8, 4) is 11.9 Å². The maximum absolute atomic E-state index is 5.65. The van der Waals surface area contributed by atoms with Gasteiger partial charge in [-0.2, -0.15) is 4.98 Å². The Labute approximate surface area is 69.1 Å². The third kappa shape index (κ3) is 1.71. The second-order valence-corrected chi connectivity index (χ2v) is 2.12. The van der Waals surface area contributed by atoms with Crippen molar-refractivity contribution in [2.24, 2.45) is 0 Å². The Hall–Kier alpha value is -1.03. The van der Waals surface area contributed by atoms with Gasteiger partial charge in [-0.15, -0.1) is 0 Å². The third-order valence-corrected chi connectivity index (χ3v) is 1.33. The summed E-state index contributed by atoms with van der Waals surface area (Å²) in [6, 6.07) is 0.242. The molecule has 0 amide bonds. The first-order valence-corrected chi connectivity index (χ1v) is 3.26. The summed E-state index contributed by atoms with van der Waals surface area (Å²) in [6.07, 6.45) is 1.42. The van der Waals surface area contributed by atoms with Gasteiger partial charge >= 0.3 is 6.01 Å². The first-order valence-electron chi connectivity index (χ1n) is 2.88. The lowest BCUT2D eigenvalue weighted by atomic mass is 10.6. The first kappa shape index (κ1) is 8.07.